The molecule has 1 amide bonds. The number of carbonyl (C=O) groups excluding carboxylic acids is 1. The molecule has 0 saturated heterocycles. The van der Waals surface area contributed by atoms with E-state index >= 15 is 0 Å². The molecule has 1 atom stereocenters. The fourth-order valence-corrected chi connectivity index (χ4v) is 3.78. The van der Waals surface area contributed by atoms with Gasteiger partial charge in [0.2, 0.25) is 0 Å². The zero-order chi connectivity index (χ0) is 22.5. The van der Waals surface area contributed by atoms with Gasteiger partial charge in [0.05, 0.1) is 25.2 Å². The zero-order valence-electron chi connectivity index (χ0n) is 19.9. The number of carbonyl (C=O) groups is 1. The summed E-state index contributed by atoms with van der Waals surface area (Å²) in [7, 11) is -4.50. The van der Waals surface area contributed by atoms with Crippen LogP contribution in [-0.4, -0.2) is 38.2 Å². The van der Waals surface area contributed by atoms with Gasteiger partial charge in [0.1, 0.15) is 0 Å². The fourth-order valence-electron chi connectivity index (χ4n) is 3.50. The summed E-state index contributed by atoms with van der Waals surface area (Å²) >= 11 is 0. The van der Waals surface area contributed by atoms with Crippen LogP contribution < -0.4 is 29.6 Å². The molecule has 0 aliphatic carbocycles. The van der Waals surface area contributed by atoms with Crippen LogP contribution in [-0.2, 0) is 24.1 Å². The van der Waals surface area contributed by atoms with E-state index < -0.39 is 22.4 Å². The van der Waals surface area contributed by atoms with E-state index in [1.54, 1.807) is 0 Å². The Hall–Kier alpha value is 0.300. The van der Waals surface area contributed by atoms with Crippen molar-refractivity contribution in [1.82, 2.24) is 0 Å². The molecule has 0 saturated carbocycles. The van der Waals surface area contributed by atoms with Gasteiger partial charge in [0.15, 0.2) is 0 Å². The number of nitrogens with one attached hydrogen (secondary N) is 1. The summed E-state index contributed by atoms with van der Waals surface area (Å²) in [6.45, 7) is 1.72. The van der Waals surface area contributed by atoms with Gasteiger partial charge in [-0.2, -0.15) is 8.42 Å². The van der Waals surface area contributed by atoms with Crippen molar-refractivity contribution in [2.75, 3.05) is 13.2 Å². The second-order valence-corrected chi connectivity index (χ2v) is 9.16. The Balaban J connectivity index is 0. The second-order valence-electron chi connectivity index (χ2n) is 8.07. The standard InChI is InChI=1S/C22H45NO6S.Na/c1-2-3-4-5-6-7-8-9-10-11-12-13-14-15-16-17-18-21(22(23)24)28-19-20-29-30(25,26)27;/h21H,2-20H2,1H3,(H3,23,24,25,26,27);/q;+1/p-1. The van der Waals surface area contributed by atoms with Crippen molar-refractivity contribution in [2.45, 2.75) is 122 Å². The third-order valence-corrected chi connectivity index (χ3v) is 5.71. The van der Waals surface area contributed by atoms with E-state index in [9.17, 15) is 13.2 Å². The molecule has 31 heavy (non-hydrogen) atoms. The predicted molar refractivity (Wildman–Crippen MR) is 121 cm³/mol. The topological polar surface area (TPSA) is 114 Å². The van der Waals surface area contributed by atoms with Crippen LogP contribution in [0.4, 0.5) is 0 Å². The third kappa shape index (κ3) is 26.4. The Labute approximate surface area is 212 Å². The average molecular weight is 474 g/mol. The summed E-state index contributed by atoms with van der Waals surface area (Å²) in [5.74, 6) is -0.817. The predicted octanol–water partition coefficient (Wildman–Crippen LogP) is 3.43. The molecule has 9 heteroatoms. The number of hydrogen-bond acceptors (Lipinski definition) is 5. The second kappa shape index (κ2) is 23.5. The van der Waals surface area contributed by atoms with Crippen molar-refractivity contribution in [2.24, 2.45) is 0 Å². The summed E-state index contributed by atoms with van der Waals surface area (Å²) in [5.41, 5.74) is 7.21. The molecule has 0 aliphatic heterocycles. The first-order valence-corrected chi connectivity index (χ1v) is 13.2. The van der Waals surface area contributed by atoms with Gasteiger partial charge in [-0.15, -0.1) is 0 Å². The Morgan fingerprint density at radius 2 is 1.16 bits per heavy atom. The van der Waals surface area contributed by atoms with E-state index in [-0.39, 0.29) is 42.8 Å². The molecule has 2 N–H and O–H groups in total. The van der Waals surface area contributed by atoms with Crippen LogP contribution in [0.3, 0.4) is 0 Å². The van der Waals surface area contributed by atoms with E-state index in [0.29, 0.717) is 6.42 Å². The molecule has 180 valence electrons. The minimum absolute atomic E-state index is 0. The molecule has 0 radical (unpaired) electrons. The third-order valence-electron chi connectivity index (χ3n) is 5.25. The van der Waals surface area contributed by atoms with Crippen LogP contribution in [0.15, 0.2) is 0 Å². The Bertz CT molecular complexity index is 504. The smallest absolute Gasteiger partial charge is 0.666 e. The van der Waals surface area contributed by atoms with Gasteiger partial charge in [-0.25, -0.2) is 4.18 Å². The van der Waals surface area contributed by atoms with E-state index in [1.165, 1.54) is 83.5 Å². The van der Waals surface area contributed by atoms with Crippen LogP contribution in [0.5, 0.6) is 0 Å². The molecule has 1 unspecified atom stereocenters. The number of unbranched alkanes of at least 4 members (excludes halogenated alkanes) is 15. The van der Waals surface area contributed by atoms with Crippen molar-refractivity contribution in [3.05, 3.63) is 5.73 Å². The first kappa shape index (κ1) is 33.5. The SMILES string of the molecule is CCCCCCCCCCCCCCCCCCC(OCCOS(=O)(=O)O)C([NH-])=O.[Na+]. The quantitative estimate of drug-likeness (QED) is 0.138. The van der Waals surface area contributed by atoms with Gasteiger partial charge in [0, 0.05) is 0 Å². The van der Waals surface area contributed by atoms with Crippen LogP contribution in [0, 0.1) is 0 Å². The largest absolute Gasteiger partial charge is 1.00 e. The van der Waals surface area contributed by atoms with Crippen LogP contribution in [0.25, 0.3) is 5.73 Å². The Morgan fingerprint density at radius 1 is 0.774 bits per heavy atom. The van der Waals surface area contributed by atoms with E-state index in [0.717, 1.165) is 19.3 Å². The Kier molecular flexibility index (Phi) is 25.3. The van der Waals surface area contributed by atoms with Gasteiger partial charge in [-0.3, -0.25) is 4.55 Å². The number of ether oxygens (including phenoxy) is 1. The molecule has 0 fully saturated rings. The minimum atomic E-state index is -4.50. The van der Waals surface area contributed by atoms with Crippen molar-refractivity contribution in [1.29, 1.82) is 0 Å². The first-order valence-electron chi connectivity index (χ1n) is 11.9. The van der Waals surface area contributed by atoms with Gasteiger partial charge in [-0.1, -0.05) is 110 Å². The summed E-state index contributed by atoms with van der Waals surface area (Å²) in [5, 5.41) is 0. The van der Waals surface area contributed by atoms with E-state index in [2.05, 4.69) is 11.1 Å². The summed E-state index contributed by atoms with van der Waals surface area (Å²) in [6.07, 6.45) is 19.9. The maximum atomic E-state index is 11.3. The molecule has 0 bridgehead atoms. The fraction of sp³-hybridized carbons (Fsp3) is 0.955. The van der Waals surface area contributed by atoms with Crippen molar-refractivity contribution in [3.63, 3.8) is 0 Å². The normalized spacial score (nSPS) is 12.5. The maximum Gasteiger partial charge on any atom is 1.00 e. The van der Waals surface area contributed by atoms with Gasteiger partial charge >= 0.3 is 40.0 Å². The summed E-state index contributed by atoms with van der Waals surface area (Å²) in [4.78, 5) is 11.3. The molecule has 0 heterocycles. The number of amides is 1. The van der Waals surface area contributed by atoms with E-state index in [4.69, 9.17) is 15.0 Å². The zero-order valence-corrected chi connectivity index (χ0v) is 22.7. The van der Waals surface area contributed by atoms with Crippen LogP contribution in [0.2, 0.25) is 0 Å². The molecular weight excluding hydrogens is 429 g/mol. The van der Waals surface area contributed by atoms with Gasteiger partial charge in [0.25, 0.3) is 0 Å². The summed E-state index contributed by atoms with van der Waals surface area (Å²) < 4.78 is 38.6. The number of hydrogen-bond donors (Lipinski definition) is 1. The molecule has 0 aromatic rings. The van der Waals surface area contributed by atoms with Gasteiger partial charge < -0.3 is 15.3 Å². The van der Waals surface area contributed by atoms with Gasteiger partial charge in [-0.05, 0) is 6.42 Å². The first-order chi connectivity index (χ1) is 14.4. The van der Waals surface area contributed by atoms with E-state index in [1.807, 2.05) is 0 Å². The van der Waals surface area contributed by atoms with Crippen molar-refractivity contribution >= 4 is 16.3 Å². The minimum Gasteiger partial charge on any atom is -0.666 e. The van der Waals surface area contributed by atoms with Crippen molar-refractivity contribution < 1.29 is 56.2 Å². The number of rotatable bonds is 23. The van der Waals surface area contributed by atoms with Crippen LogP contribution >= 0.6 is 0 Å². The molecule has 0 rings (SSSR count). The molecule has 0 aliphatic rings. The Morgan fingerprint density at radius 3 is 1.52 bits per heavy atom. The maximum absolute atomic E-state index is 11.3. The van der Waals surface area contributed by atoms with Crippen molar-refractivity contribution in [3.8, 4) is 0 Å². The van der Waals surface area contributed by atoms with Crippen LogP contribution in [0.1, 0.15) is 116 Å². The molecule has 0 aromatic heterocycles. The monoisotopic (exact) mass is 473 g/mol. The molecule has 0 aromatic carbocycles. The summed E-state index contributed by atoms with van der Waals surface area (Å²) in [6, 6.07) is 0. The molecule has 7 nitrogen and oxygen atoms in total. The molecular formula is C22H44NNaO6S. The average Bonchev–Trinajstić information content (AvgIpc) is 2.68. The molecule has 0 spiro atoms.